The first-order valence-electron chi connectivity index (χ1n) is 6.03. The van der Waals surface area contributed by atoms with Crippen molar-refractivity contribution < 1.29 is 14.6 Å². The molecule has 4 nitrogen and oxygen atoms in total. The highest BCUT2D eigenvalue weighted by molar-refractivity contribution is 14.1. The molecule has 2 rings (SSSR count). The van der Waals surface area contributed by atoms with Crippen LogP contribution in [0.15, 0.2) is 12.1 Å². The van der Waals surface area contributed by atoms with Crippen LogP contribution < -0.4 is 5.32 Å². The highest BCUT2D eigenvalue weighted by Crippen LogP contribution is 2.30. The van der Waals surface area contributed by atoms with Crippen LogP contribution >= 0.6 is 45.2 Å². The van der Waals surface area contributed by atoms with E-state index in [0.29, 0.717) is 3.57 Å². The third-order valence-electron chi connectivity index (χ3n) is 3.25. The third-order valence-corrected chi connectivity index (χ3v) is 4.69. The number of phenols is 1. The average molecular weight is 487 g/mol. The molecule has 1 heterocycles. The highest BCUT2D eigenvalue weighted by Gasteiger charge is 2.32. The van der Waals surface area contributed by atoms with Gasteiger partial charge in [-0.05, 0) is 90.2 Å². The minimum absolute atomic E-state index is 0.00329. The first-order valence-corrected chi connectivity index (χ1v) is 8.19. The van der Waals surface area contributed by atoms with Crippen molar-refractivity contribution in [2.75, 3.05) is 13.1 Å². The van der Waals surface area contributed by atoms with Crippen molar-refractivity contribution in [3.8, 4) is 5.75 Å². The number of benzene rings is 1. The minimum Gasteiger partial charge on any atom is -0.506 e. The summed E-state index contributed by atoms with van der Waals surface area (Å²) >= 11 is 4.13. The fourth-order valence-corrected chi connectivity index (χ4v) is 3.90. The molecule has 0 unspecified atom stereocenters. The Kier molecular flexibility index (Phi) is 4.93. The number of carbonyl (C=O) groups excluding carboxylic acids is 1. The van der Waals surface area contributed by atoms with Gasteiger partial charge in [0.05, 0.1) is 3.57 Å². The van der Waals surface area contributed by atoms with E-state index >= 15 is 0 Å². The molecule has 0 amide bonds. The highest BCUT2D eigenvalue weighted by atomic mass is 127. The zero-order valence-corrected chi connectivity index (χ0v) is 14.8. The van der Waals surface area contributed by atoms with E-state index in [1.807, 2.05) is 35.6 Å². The zero-order valence-electron chi connectivity index (χ0n) is 10.5. The number of carbonyl (C=O) groups is 1. The van der Waals surface area contributed by atoms with Gasteiger partial charge in [0.2, 0.25) is 0 Å². The molecule has 104 valence electrons. The molecule has 6 heteroatoms. The maximum absolute atomic E-state index is 12.2. The molecule has 1 aromatic carbocycles. The topological polar surface area (TPSA) is 58.6 Å². The number of rotatable bonds is 2. The van der Waals surface area contributed by atoms with Gasteiger partial charge < -0.3 is 15.2 Å². The molecule has 0 spiro atoms. The number of halogens is 2. The normalized spacial score (nSPS) is 18.1. The van der Waals surface area contributed by atoms with Crippen LogP contribution in [0, 0.1) is 7.14 Å². The van der Waals surface area contributed by atoms with E-state index in [0.717, 1.165) is 29.5 Å². The van der Waals surface area contributed by atoms with E-state index in [4.69, 9.17) is 4.74 Å². The maximum Gasteiger partial charge on any atom is 0.342 e. The molecule has 19 heavy (non-hydrogen) atoms. The number of hydrogen-bond acceptors (Lipinski definition) is 4. The Labute approximate surface area is 139 Å². The summed E-state index contributed by atoms with van der Waals surface area (Å²) in [5.41, 5.74) is -0.197. The van der Waals surface area contributed by atoms with Gasteiger partial charge in [0.15, 0.2) is 0 Å². The molecule has 1 aliphatic rings. The molecular weight excluding hydrogens is 472 g/mol. The van der Waals surface area contributed by atoms with Gasteiger partial charge in [0.1, 0.15) is 16.9 Å². The Hall–Kier alpha value is -0.0900. The predicted molar refractivity (Wildman–Crippen MR) is 89.5 cm³/mol. The maximum atomic E-state index is 12.2. The summed E-state index contributed by atoms with van der Waals surface area (Å²) in [7, 11) is 0. The lowest BCUT2D eigenvalue weighted by Crippen LogP contribution is -2.43. The first-order chi connectivity index (χ1) is 8.91. The molecular formula is C13H15I2NO3. The monoisotopic (exact) mass is 487 g/mol. The minimum atomic E-state index is -0.446. The van der Waals surface area contributed by atoms with Crippen molar-refractivity contribution in [2.24, 2.45) is 0 Å². The van der Waals surface area contributed by atoms with Crippen molar-refractivity contribution in [2.45, 2.75) is 25.4 Å². The molecule has 1 aromatic rings. The van der Waals surface area contributed by atoms with E-state index in [-0.39, 0.29) is 11.3 Å². The fourth-order valence-electron chi connectivity index (χ4n) is 2.06. The van der Waals surface area contributed by atoms with Gasteiger partial charge in [0.25, 0.3) is 0 Å². The molecule has 1 aliphatic heterocycles. The second-order valence-electron chi connectivity index (χ2n) is 4.87. The Bertz CT molecular complexity index is 499. The second-order valence-corrected chi connectivity index (χ2v) is 7.28. The van der Waals surface area contributed by atoms with Crippen molar-refractivity contribution >= 4 is 51.2 Å². The lowest BCUT2D eigenvalue weighted by atomic mass is 9.94. The molecule has 0 aliphatic carbocycles. The lowest BCUT2D eigenvalue weighted by Gasteiger charge is -2.33. The largest absolute Gasteiger partial charge is 0.506 e. The Morgan fingerprint density at radius 3 is 2.63 bits per heavy atom. The van der Waals surface area contributed by atoms with Crippen LogP contribution in [0.1, 0.15) is 30.1 Å². The van der Waals surface area contributed by atoms with E-state index in [1.165, 1.54) is 0 Å². The lowest BCUT2D eigenvalue weighted by molar-refractivity contribution is -0.0236. The van der Waals surface area contributed by atoms with Gasteiger partial charge in [-0.1, -0.05) is 0 Å². The molecule has 0 atom stereocenters. The number of phenolic OH excluding ortho intramolecular Hbond substituents is 1. The number of aromatic hydroxyl groups is 1. The van der Waals surface area contributed by atoms with Crippen molar-refractivity contribution in [1.82, 2.24) is 5.32 Å². The van der Waals surface area contributed by atoms with Crippen LogP contribution in [-0.2, 0) is 4.74 Å². The van der Waals surface area contributed by atoms with E-state index < -0.39 is 11.6 Å². The van der Waals surface area contributed by atoms with Gasteiger partial charge in [0, 0.05) is 3.57 Å². The number of nitrogens with one attached hydrogen (secondary N) is 1. The summed E-state index contributed by atoms with van der Waals surface area (Å²) in [4.78, 5) is 12.2. The Morgan fingerprint density at radius 2 is 2.00 bits per heavy atom. The van der Waals surface area contributed by atoms with Crippen LogP contribution in [0.25, 0.3) is 0 Å². The molecule has 0 saturated carbocycles. The quantitative estimate of drug-likeness (QED) is 0.498. The summed E-state index contributed by atoms with van der Waals surface area (Å²) in [5, 5.41) is 13.2. The molecule has 1 fully saturated rings. The SMILES string of the molecule is CC1(OC(=O)c2cc(I)cc(I)c2O)CCNCC1. The Balaban J connectivity index is 2.20. The van der Waals surface area contributed by atoms with Gasteiger partial charge in [-0.25, -0.2) is 4.79 Å². The van der Waals surface area contributed by atoms with Crippen molar-refractivity contribution in [3.05, 3.63) is 24.8 Å². The summed E-state index contributed by atoms with van der Waals surface area (Å²) in [6.45, 7) is 3.64. The van der Waals surface area contributed by atoms with Crippen LogP contribution in [0.3, 0.4) is 0 Å². The van der Waals surface area contributed by atoms with E-state index in [9.17, 15) is 9.90 Å². The van der Waals surface area contributed by atoms with Crippen molar-refractivity contribution in [3.63, 3.8) is 0 Å². The van der Waals surface area contributed by atoms with Crippen LogP contribution in [0.5, 0.6) is 5.75 Å². The van der Waals surface area contributed by atoms with Gasteiger partial charge in [-0.15, -0.1) is 0 Å². The summed E-state index contributed by atoms with van der Waals surface area (Å²) in [6.07, 6.45) is 1.58. The molecule has 0 aromatic heterocycles. The standard InChI is InChI=1S/C13H15I2NO3/c1-13(2-4-16-5-3-13)19-12(18)9-6-8(14)7-10(15)11(9)17/h6-7,16-17H,2-5H2,1H3. The van der Waals surface area contributed by atoms with Gasteiger partial charge in [-0.2, -0.15) is 0 Å². The predicted octanol–water partition coefficient (Wildman–Crippen LogP) is 2.90. The first kappa shape index (κ1) is 15.3. The number of esters is 1. The van der Waals surface area contributed by atoms with Gasteiger partial charge >= 0.3 is 5.97 Å². The van der Waals surface area contributed by atoms with E-state index in [2.05, 4.69) is 27.9 Å². The number of hydrogen-bond donors (Lipinski definition) is 2. The van der Waals surface area contributed by atoms with Crippen LogP contribution in [-0.4, -0.2) is 29.8 Å². The molecule has 2 N–H and O–H groups in total. The molecule has 1 saturated heterocycles. The summed E-state index contributed by atoms with van der Waals surface area (Å²) in [6, 6.07) is 3.48. The average Bonchev–Trinajstić information content (AvgIpc) is 2.34. The Morgan fingerprint density at radius 1 is 1.37 bits per heavy atom. The van der Waals surface area contributed by atoms with Crippen LogP contribution in [0.2, 0.25) is 0 Å². The number of ether oxygens (including phenoxy) is 1. The van der Waals surface area contributed by atoms with Crippen LogP contribution in [0.4, 0.5) is 0 Å². The fraction of sp³-hybridized carbons (Fsp3) is 0.462. The molecule has 0 bridgehead atoms. The zero-order chi connectivity index (χ0) is 14.0. The molecule has 0 radical (unpaired) electrons. The second kappa shape index (κ2) is 6.13. The number of piperidine rings is 1. The summed E-state index contributed by atoms with van der Waals surface area (Å²) in [5.74, 6) is -0.443. The van der Waals surface area contributed by atoms with Crippen molar-refractivity contribution in [1.29, 1.82) is 0 Å². The smallest absolute Gasteiger partial charge is 0.342 e. The third kappa shape index (κ3) is 3.72. The van der Waals surface area contributed by atoms with E-state index in [1.54, 1.807) is 6.07 Å². The van der Waals surface area contributed by atoms with Gasteiger partial charge in [-0.3, -0.25) is 0 Å². The summed E-state index contributed by atoms with van der Waals surface area (Å²) < 4.78 is 7.17.